The number of sulfone groups is 1. The lowest BCUT2D eigenvalue weighted by Gasteiger charge is -2.04. The van der Waals surface area contributed by atoms with Gasteiger partial charge < -0.3 is 0 Å². The zero-order chi connectivity index (χ0) is 14.1. The van der Waals surface area contributed by atoms with Crippen molar-refractivity contribution in [2.24, 2.45) is 0 Å². The Morgan fingerprint density at radius 3 is 2.32 bits per heavy atom. The fraction of sp³-hybridized carbons (Fsp3) is 0.500. The molecule has 1 rings (SSSR count). The van der Waals surface area contributed by atoms with Crippen LogP contribution in [0.3, 0.4) is 0 Å². The van der Waals surface area contributed by atoms with E-state index in [-0.39, 0.29) is 0 Å². The monoisotopic (exact) mass is 280 g/mol. The van der Waals surface area contributed by atoms with Gasteiger partial charge in [0.05, 0.1) is 4.90 Å². The Hall–Kier alpha value is -1.09. The van der Waals surface area contributed by atoms with Crippen LogP contribution in [0, 0.1) is 0 Å². The van der Waals surface area contributed by atoms with Gasteiger partial charge in [-0.2, -0.15) is 0 Å². The Morgan fingerprint density at radius 1 is 1.05 bits per heavy atom. The average molecular weight is 280 g/mol. The normalized spacial score (nSPS) is 12.6. The molecule has 0 saturated heterocycles. The highest BCUT2D eigenvalue weighted by Crippen LogP contribution is 2.19. The second kappa shape index (κ2) is 8.16. The summed E-state index contributed by atoms with van der Waals surface area (Å²) in [6.07, 6.45) is 8.71. The minimum absolute atomic E-state index is 0.384. The first-order valence-electron chi connectivity index (χ1n) is 7.06. The van der Waals surface area contributed by atoms with Gasteiger partial charge in [0.1, 0.15) is 0 Å². The van der Waals surface area contributed by atoms with E-state index in [1.165, 1.54) is 25.7 Å². The first-order chi connectivity index (χ1) is 9.09. The van der Waals surface area contributed by atoms with E-state index in [2.05, 4.69) is 6.92 Å². The fourth-order valence-corrected chi connectivity index (χ4v) is 3.17. The molecular weight excluding hydrogens is 256 g/mol. The number of allylic oxidation sites excluding steroid dienone is 2. The van der Waals surface area contributed by atoms with Crippen molar-refractivity contribution in [1.82, 2.24) is 0 Å². The molecule has 19 heavy (non-hydrogen) atoms. The third-order valence-corrected chi connectivity index (χ3v) is 5.12. The maximum Gasteiger partial charge on any atom is 0.202 e. The molecule has 3 heteroatoms. The lowest BCUT2D eigenvalue weighted by Crippen LogP contribution is -2.02. The smallest absolute Gasteiger partial charge is 0.202 e. The Bertz CT molecular complexity index is 487. The predicted octanol–water partition coefficient (Wildman–Crippen LogP) is 4.72. The molecule has 0 aliphatic heterocycles. The van der Waals surface area contributed by atoms with Crippen LogP contribution in [0.25, 0.3) is 0 Å². The molecule has 0 amide bonds. The Morgan fingerprint density at radius 2 is 1.68 bits per heavy atom. The Kier molecular flexibility index (Phi) is 6.85. The van der Waals surface area contributed by atoms with Crippen molar-refractivity contribution in [2.45, 2.75) is 57.3 Å². The van der Waals surface area contributed by atoms with E-state index >= 15 is 0 Å². The first-order valence-corrected chi connectivity index (χ1v) is 8.54. The molecule has 0 aliphatic rings. The molecule has 0 radical (unpaired) electrons. The molecule has 1 aromatic rings. The van der Waals surface area contributed by atoms with Crippen LogP contribution in [0.2, 0.25) is 0 Å². The van der Waals surface area contributed by atoms with E-state index in [1.54, 1.807) is 31.2 Å². The number of rotatable bonds is 8. The largest absolute Gasteiger partial charge is 0.219 e. The van der Waals surface area contributed by atoms with Gasteiger partial charge in [-0.3, -0.25) is 0 Å². The van der Waals surface area contributed by atoms with E-state index in [1.807, 2.05) is 12.1 Å². The van der Waals surface area contributed by atoms with Crippen molar-refractivity contribution in [2.75, 3.05) is 0 Å². The summed E-state index contributed by atoms with van der Waals surface area (Å²) >= 11 is 0. The molecule has 0 spiro atoms. The number of benzene rings is 1. The van der Waals surface area contributed by atoms with Crippen LogP contribution in [0.5, 0.6) is 0 Å². The van der Waals surface area contributed by atoms with Crippen molar-refractivity contribution in [3.8, 4) is 0 Å². The molecule has 0 saturated carbocycles. The highest BCUT2D eigenvalue weighted by molar-refractivity contribution is 7.95. The minimum atomic E-state index is -3.28. The molecule has 0 fully saturated rings. The lowest BCUT2D eigenvalue weighted by molar-refractivity contribution is 0.601. The SMILES string of the molecule is CCCCCCC/C=C(\C)S(=O)(=O)c1ccccc1. The standard InChI is InChI=1S/C16H24O2S/c1-3-4-5-6-7-9-12-15(2)19(17,18)16-13-10-8-11-14-16/h8,10-14H,3-7,9H2,1-2H3/b15-12+. The van der Waals surface area contributed by atoms with E-state index in [0.717, 1.165) is 12.8 Å². The van der Waals surface area contributed by atoms with Crippen LogP contribution >= 0.6 is 0 Å². The summed E-state index contributed by atoms with van der Waals surface area (Å²) < 4.78 is 24.5. The molecule has 2 nitrogen and oxygen atoms in total. The summed E-state index contributed by atoms with van der Waals surface area (Å²) in [4.78, 5) is 0.851. The highest BCUT2D eigenvalue weighted by atomic mass is 32.2. The summed E-state index contributed by atoms with van der Waals surface area (Å²) in [5.74, 6) is 0. The van der Waals surface area contributed by atoms with Gasteiger partial charge in [0.15, 0.2) is 0 Å². The molecule has 0 aliphatic carbocycles. The summed E-state index contributed by atoms with van der Waals surface area (Å²) in [5.41, 5.74) is 0. The molecular formula is C16H24O2S. The fourth-order valence-electron chi connectivity index (χ4n) is 1.95. The first kappa shape index (κ1) is 16.0. The van der Waals surface area contributed by atoms with Gasteiger partial charge in [0.2, 0.25) is 9.84 Å². The molecule has 0 unspecified atom stereocenters. The van der Waals surface area contributed by atoms with Gasteiger partial charge in [0.25, 0.3) is 0 Å². The summed E-state index contributed by atoms with van der Waals surface area (Å²) in [7, 11) is -3.28. The van der Waals surface area contributed by atoms with Crippen molar-refractivity contribution < 1.29 is 8.42 Å². The van der Waals surface area contributed by atoms with Crippen LogP contribution in [0.1, 0.15) is 52.4 Å². The van der Waals surface area contributed by atoms with E-state index in [9.17, 15) is 8.42 Å². The summed E-state index contributed by atoms with van der Waals surface area (Å²) in [6, 6.07) is 8.63. The minimum Gasteiger partial charge on any atom is -0.219 e. The van der Waals surface area contributed by atoms with Gasteiger partial charge in [-0.1, -0.05) is 56.9 Å². The van der Waals surface area contributed by atoms with E-state index in [4.69, 9.17) is 0 Å². The zero-order valence-corrected chi connectivity index (χ0v) is 12.7. The van der Waals surface area contributed by atoms with E-state index in [0.29, 0.717) is 9.80 Å². The van der Waals surface area contributed by atoms with Gasteiger partial charge in [-0.25, -0.2) is 8.42 Å². The number of hydrogen-bond acceptors (Lipinski definition) is 2. The van der Waals surface area contributed by atoms with Crippen molar-refractivity contribution in [1.29, 1.82) is 0 Å². The van der Waals surface area contributed by atoms with Gasteiger partial charge in [-0.15, -0.1) is 0 Å². The van der Waals surface area contributed by atoms with Crippen LogP contribution in [0.4, 0.5) is 0 Å². The number of unbranched alkanes of at least 4 members (excludes halogenated alkanes) is 5. The molecule has 0 aromatic heterocycles. The van der Waals surface area contributed by atoms with Crippen LogP contribution in [0.15, 0.2) is 46.2 Å². The third kappa shape index (κ3) is 5.19. The second-order valence-corrected chi connectivity index (χ2v) is 6.96. The van der Waals surface area contributed by atoms with Gasteiger partial charge >= 0.3 is 0 Å². The van der Waals surface area contributed by atoms with Gasteiger partial charge in [-0.05, 0) is 31.9 Å². The predicted molar refractivity (Wildman–Crippen MR) is 80.8 cm³/mol. The Labute approximate surface area is 117 Å². The third-order valence-electron chi connectivity index (χ3n) is 3.22. The summed E-state index contributed by atoms with van der Waals surface area (Å²) in [6.45, 7) is 3.88. The van der Waals surface area contributed by atoms with Crippen LogP contribution < -0.4 is 0 Å². The van der Waals surface area contributed by atoms with Crippen LogP contribution in [-0.2, 0) is 9.84 Å². The van der Waals surface area contributed by atoms with Crippen molar-refractivity contribution in [3.63, 3.8) is 0 Å². The zero-order valence-electron chi connectivity index (χ0n) is 11.9. The van der Waals surface area contributed by atoms with Crippen molar-refractivity contribution >= 4 is 9.84 Å². The quantitative estimate of drug-likeness (QED) is 0.645. The number of hydrogen-bond donors (Lipinski definition) is 0. The summed E-state index contributed by atoms with van der Waals surface area (Å²) in [5, 5.41) is 0. The van der Waals surface area contributed by atoms with E-state index < -0.39 is 9.84 Å². The molecule has 106 valence electrons. The van der Waals surface area contributed by atoms with Gasteiger partial charge in [0, 0.05) is 4.91 Å². The second-order valence-electron chi connectivity index (χ2n) is 4.83. The maximum atomic E-state index is 12.2. The molecule has 0 atom stereocenters. The molecule has 0 heterocycles. The maximum absolute atomic E-state index is 12.2. The highest BCUT2D eigenvalue weighted by Gasteiger charge is 2.15. The lowest BCUT2D eigenvalue weighted by atomic mass is 10.1. The van der Waals surface area contributed by atoms with Crippen LogP contribution in [-0.4, -0.2) is 8.42 Å². The Balaban J connectivity index is 2.54. The topological polar surface area (TPSA) is 34.1 Å². The molecule has 0 N–H and O–H groups in total. The van der Waals surface area contributed by atoms with Crippen molar-refractivity contribution in [3.05, 3.63) is 41.3 Å². The molecule has 1 aromatic carbocycles. The molecule has 0 bridgehead atoms. The average Bonchev–Trinajstić information content (AvgIpc) is 2.43.